The van der Waals surface area contributed by atoms with E-state index >= 15 is 0 Å². The molecule has 3 heteroatoms. The van der Waals surface area contributed by atoms with Gasteiger partial charge in [-0.1, -0.05) is 20.3 Å². The maximum Gasteiger partial charge on any atom is 0.243 e. The third-order valence-corrected chi connectivity index (χ3v) is 4.20. The quantitative estimate of drug-likeness (QED) is 0.711. The van der Waals surface area contributed by atoms with Crippen LogP contribution in [0.1, 0.15) is 52.9 Å². The molecule has 0 spiro atoms. The highest BCUT2D eigenvalue weighted by Crippen LogP contribution is 2.31. The van der Waals surface area contributed by atoms with Crippen molar-refractivity contribution in [2.24, 2.45) is 11.3 Å². The molecule has 0 unspecified atom stereocenters. The largest absolute Gasteiger partial charge is 0.341 e. The fraction of sp³-hybridized carbons (Fsp3) is 0.857. The van der Waals surface area contributed by atoms with Gasteiger partial charge in [-0.25, -0.2) is 0 Å². The van der Waals surface area contributed by atoms with Crippen LogP contribution in [0.2, 0.25) is 0 Å². The Morgan fingerprint density at radius 1 is 1.35 bits per heavy atom. The van der Waals surface area contributed by atoms with E-state index in [0.717, 1.165) is 13.1 Å². The van der Waals surface area contributed by atoms with Crippen LogP contribution in [0.25, 0.3) is 0 Å². The molecule has 0 N–H and O–H groups in total. The van der Waals surface area contributed by atoms with E-state index in [1.165, 1.54) is 19.3 Å². The molecule has 96 valence electrons. The van der Waals surface area contributed by atoms with Crippen LogP contribution < -0.4 is 0 Å². The van der Waals surface area contributed by atoms with Gasteiger partial charge in [0.25, 0.3) is 0 Å². The molecule has 0 saturated heterocycles. The van der Waals surface area contributed by atoms with Crippen molar-refractivity contribution in [3.8, 4) is 6.07 Å². The van der Waals surface area contributed by atoms with Gasteiger partial charge >= 0.3 is 0 Å². The lowest BCUT2D eigenvalue weighted by molar-refractivity contribution is -0.140. The van der Waals surface area contributed by atoms with Crippen molar-refractivity contribution in [1.82, 2.24) is 4.90 Å². The SMILES string of the molecule is CCN(CC1CCC1)C(=O)C(C#N)(CC)CC. The number of carbonyl (C=O) groups is 1. The van der Waals surface area contributed by atoms with E-state index in [0.29, 0.717) is 18.8 Å². The van der Waals surface area contributed by atoms with E-state index in [2.05, 4.69) is 6.07 Å². The summed E-state index contributed by atoms with van der Waals surface area (Å²) in [6.45, 7) is 7.44. The summed E-state index contributed by atoms with van der Waals surface area (Å²) in [5.41, 5.74) is -0.792. The Hall–Kier alpha value is -1.04. The van der Waals surface area contributed by atoms with E-state index in [1.807, 2.05) is 25.7 Å². The van der Waals surface area contributed by atoms with Crippen LogP contribution in [0, 0.1) is 22.7 Å². The van der Waals surface area contributed by atoms with Gasteiger partial charge in [0.1, 0.15) is 5.41 Å². The number of rotatable bonds is 6. The molecule has 0 radical (unpaired) electrons. The van der Waals surface area contributed by atoms with Crippen LogP contribution >= 0.6 is 0 Å². The molecular weight excluding hydrogens is 212 g/mol. The van der Waals surface area contributed by atoms with E-state index in [1.54, 1.807) is 0 Å². The minimum atomic E-state index is -0.792. The summed E-state index contributed by atoms with van der Waals surface area (Å²) in [4.78, 5) is 14.4. The zero-order chi connectivity index (χ0) is 12.9. The average molecular weight is 236 g/mol. The van der Waals surface area contributed by atoms with Crippen LogP contribution in [0.4, 0.5) is 0 Å². The second kappa shape index (κ2) is 6.05. The Balaban J connectivity index is 2.72. The van der Waals surface area contributed by atoms with Gasteiger partial charge in [-0.05, 0) is 38.5 Å². The van der Waals surface area contributed by atoms with Crippen molar-refractivity contribution in [3.05, 3.63) is 0 Å². The number of hydrogen-bond donors (Lipinski definition) is 0. The van der Waals surface area contributed by atoms with Crippen molar-refractivity contribution in [1.29, 1.82) is 5.26 Å². The maximum atomic E-state index is 12.5. The Bertz CT molecular complexity index is 298. The summed E-state index contributed by atoms with van der Waals surface area (Å²) in [7, 11) is 0. The lowest BCUT2D eigenvalue weighted by Crippen LogP contribution is -2.45. The highest BCUT2D eigenvalue weighted by atomic mass is 16.2. The summed E-state index contributed by atoms with van der Waals surface area (Å²) < 4.78 is 0. The molecule has 0 aliphatic heterocycles. The molecule has 17 heavy (non-hydrogen) atoms. The van der Waals surface area contributed by atoms with Crippen molar-refractivity contribution < 1.29 is 4.79 Å². The molecular formula is C14H24N2O. The van der Waals surface area contributed by atoms with E-state index < -0.39 is 5.41 Å². The van der Waals surface area contributed by atoms with Crippen LogP contribution in [-0.4, -0.2) is 23.9 Å². The number of amides is 1. The minimum Gasteiger partial charge on any atom is -0.341 e. The fourth-order valence-electron chi connectivity index (χ4n) is 2.40. The molecule has 1 rings (SSSR count). The van der Waals surface area contributed by atoms with Crippen LogP contribution in [0.5, 0.6) is 0 Å². The van der Waals surface area contributed by atoms with E-state index in [4.69, 9.17) is 0 Å². The smallest absolute Gasteiger partial charge is 0.243 e. The number of nitriles is 1. The predicted molar refractivity (Wildman–Crippen MR) is 68.2 cm³/mol. The second-order valence-corrected chi connectivity index (χ2v) is 5.04. The molecule has 0 aromatic rings. The summed E-state index contributed by atoms with van der Waals surface area (Å²) in [6, 6.07) is 2.25. The lowest BCUT2D eigenvalue weighted by Gasteiger charge is -2.35. The zero-order valence-electron chi connectivity index (χ0n) is 11.3. The van der Waals surface area contributed by atoms with Gasteiger partial charge in [-0.2, -0.15) is 5.26 Å². The van der Waals surface area contributed by atoms with Gasteiger partial charge in [0.05, 0.1) is 6.07 Å². The molecule has 0 atom stereocenters. The average Bonchev–Trinajstić information content (AvgIpc) is 2.31. The van der Waals surface area contributed by atoms with Crippen molar-refractivity contribution in [2.45, 2.75) is 52.9 Å². The first kappa shape index (κ1) is 14.0. The van der Waals surface area contributed by atoms with Crippen molar-refractivity contribution in [3.63, 3.8) is 0 Å². The summed E-state index contributed by atoms with van der Waals surface area (Å²) in [5, 5.41) is 9.30. The Morgan fingerprint density at radius 3 is 2.24 bits per heavy atom. The Labute approximate surface area is 105 Å². The van der Waals surface area contributed by atoms with Gasteiger partial charge in [-0.15, -0.1) is 0 Å². The van der Waals surface area contributed by atoms with Gasteiger partial charge in [0.15, 0.2) is 0 Å². The highest BCUT2D eigenvalue weighted by Gasteiger charge is 2.38. The van der Waals surface area contributed by atoms with Crippen molar-refractivity contribution in [2.75, 3.05) is 13.1 Å². The van der Waals surface area contributed by atoms with Crippen LogP contribution in [0.3, 0.4) is 0 Å². The molecule has 1 aliphatic rings. The van der Waals surface area contributed by atoms with Crippen LogP contribution in [0.15, 0.2) is 0 Å². The summed E-state index contributed by atoms with van der Waals surface area (Å²) in [5.74, 6) is 0.711. The molecule has 0 bridgehead atoms. The normalized spacial score (nSPS) is 16.1. The number of hydrogen-bond acceptors (Lipinski definition) is 2. The van der Waals surface area contributed by atoms with Crippen LogP contribution in [-0.2, 0) is 4.79 Å². The Kier molecular flexibility index (Phi) is 4.99. The molecule has 1 aliphatic carbocycles. The van der Waals surface area contributed by atoms with E-state index in [9.17, 15) is 10.1 Å². The topological polar surface area (TPSA) is 44.1 Å². The van der Waals surface area contributed by atoms with Gasteiger partial charge in [0.2, 0.25) is 5.91 Å². The molecule has 3 nitrogen and oxygen atoms in total. The Morgan fingerprint density at radius 2 is 1.94 bits per heavy atom. The first-order valence-corrected chi connectivity index (χ1v) is 6.84. The fourth-order valence-corrected chi connectivity index (χ4v) is 2.40. The zero-order valence-corrected chi connectivity index (χ0v) is 11.3. The van der Waals surface area contributed by atoms with Gasteiger partial charge in [0, 0.05) is 13.1 Å². The molecule has 0 aromatic carbocycles. The first-order valence-electron chi connectivity index (χ1n) is 6.84. The summed E-state index contributed by atoms with van der Waals surface area (Å²) in [6.07, 6.45) is 4.99. The third-order valence-electron chi connectivity index (χ3n) is 4.20. The van der Waals surface area contributed by atoms with E-state index in [-0.39, 0.29) is 5.91 Å². The standard InChI is InChI=1S/C14H24N2O/c1-4-14(5-2,11-15)13(17)16(6-3)10-12-8-7-9-12/h12H,4-10H2,1-3H3. The number of nitrogens with zero attached hydrogens (tertiary/aromatic N) is 2. The molecule has 0 aromatic heterocycles. The number of carbonyl (C=O) groups excluding carboxylic acids is 1. The van der Waals surface area contributed by atoms with Gasteiger partial charge in [-0.3, -0.25) is 4.79 Å². The lowest BCUT2D eigenvalue weighted by atomic mass is 9.81. The highest BCUT2D eigenvalue weighted by molar-refractivity contribution is 5.85. The predicted octanol–water partition coefficient (Wildman–Crippen LogP) is 2.96. The second-order valence-electron chi connectivity index (χ2n) is 5.04. The monoisotopic (exact) mass is 236 g/mol. The summed E-state index contributed by atoms with van der Waals surface area (Å²) >= 11 is 0. The first-order chi connectivity index (χ1) is 8.13. The molecule has 0 heterocycles. The van der Waals surface area contributed by atoms with Gasteiger partial charge < -0.3 is 4.90 Å². The molecule has 1 amide bonds. The molecule has 1 fully saturated rings. The minimum absolute atomic E-state index is 0.0411. The maximum absolute atomic E-state index is 12.5. The van der Waals surface area contributed by atoms with Crippen molar-refractivity contribution >= 4 is 5.91 Å². The third kappa shape index (κ3) is 2.80. The molecule has 1 saturated carbocycles.